The molecule has 0 amide bonds. The van der Waals surface area contributed by atoms with Crippen molar-refractivity contribution >= 4 is 16.7 Å². The van der Waals surface area contributed by atoms with E-state index in [1.165, 1.54) is 18.0 Å². The molecule has 0 radical (unpaired) electrons. The zero-order chi connectivity index (χ0) is 10.9. The normalized spacial score (nSPS) is 18.9. The van der Waals surface area contributed by atoms with Crippen molar-refractivity contribution in [3.8, 4) is 0 Å². The second kappa shape index (κ2) is 4.06. The van der Waals surface area contributed by atoms with E-state index in [1.54, 1.807) is 7.11 Å². The highest BCUT2D eigenvalue weighted by Crippen LogP contribution is 2.43. The molecular weight excluding hydrogens is 210 g/mol. The number of nitrogens with zero attached hydrogens (tertiary/aromatic N) is 2. The summed E-state index contributed by atoms with van der Waals surface area (Å²) >= 11 is 1.42. The maximum atomic E-state index is 5.53. The van der Waals surface area contributed by atoms with Crippen LogP contribution in [0.15, 0.2) is 0 Å². The Bertz CT molecular complexity index is 328. The molecule has 5 heteroatoms. The highest BCUT2D eigenvalue weighted by atomic mass is 32.1. The van der Waals surface area contributed by atoms with Gasteiger partial charge in [0.1, 0.15) is 5.60 Å². The van der Waals surface area contributed by atoms with Gasteiger partial charge < -0.3 is 10.1 Å². The van der Waals surface area contributed by atoms with Crippen LogP contribution in [0.5, 0.6) is 0 Å². The molecule has 1 aliphatic carbocycles. The van der Waals surface area contributed by atoms with Gasteiger partial charge in [-0.05, 0) is 33.1 Å². The van der Waals surface area contributed by atoms with E-state index < -0.39 is 0 Å². The average Bonchev–Trinajstić information content (AvgIpc) is 2.51. The number of aromatic nitrogens is 2. The molecule has 1 fully saturated rings. The van der Waals surface area contributed by atoms with Crippen LogP contribution in [0, 0.1) is 0 Å². The van der Waals surface area contributed by atoms with Crippen molar-refractivity contribution in [3.63, 3.8) is 0 Å². The SMILES string of the molecule is COC1(c2nsc(NC(C)C)n2)CCC1. The van der Waals surface area contributed by atoms with E-state index in [-0.39, 0.29) is 5.60 Å². The molecule has 0 aliphatic heterocycles. The molecular formula is C10H17N3OS. The molecule has 1 aliphatic rings. The van der Waals surface area contributed by atoms with E-state index in [9.17, 15) is 0 Å². The van der Waals surface area contributed by atoms with Gasteiger partial charge in [-0.1, -0.05) is 0 Å². The molecule has 4 nitrogen and oxygen atoms in total. The van der Waals surface area contributed by atoms with E-state index in [2.05, 4.69) is 28.5 Å². The Hall–Kier alpha value is -0.680. The summed E-state index contributed by atoms with van der Waals surface area (Å²) in [7, 11) is 1.75. The molecule has 84 valence electrons. The van der Waals surface area contributed by atoms with Gasteiger partial charge in [-0.3, -0.25) is 0 Å². The maximum absolute atomic E-state index is 5.53. The minimum Gasteiger partial charge on any atom is -0.370 e. The first-order valence-corrected chi connectivity index (χ1v) is 6.09. The summed E-state index contributed by atoms with van der Waals surface area (Å²) < 4.78 is 9.91. The first-order chi connectivity index (χ1) is 7.16. The monoisotopic (exact) mass is 227 g/mol. The van der Waals surface area contributed by atoms with Gasteiger partial charge in [0.15, 0.2) is 5.82 Å². The van der Waals surface area contributed by atoms with Crippen LogP contribution in [0.1, 0.15) is 38.9 Å². The fourth-order valence-corrected chi connectivity index (χ4v) is 2.53. The summed E-state index contributed by atoms with van der Waals surface area (Å²) in [5, 5.41) is 4.15. The van der Waals surface area contributed by atoms with Gasteiger partial charge in [0.25, 0.3) is 0 Å². The zero-order valence-corrected chi connectivity index (χ0v) is 10.2. The van der Waals surface area contributed by atoms with Crippen molar-refractivity contribution in [1.29, 1.82) is 0 Å². The van der Waals surface area contributed by atoms with Crippen LogP contribution in [-0.2, 0) is 10.3 Å². The number of methoxy groups -OCH3 is 1. The molecule has 0 bridgehead atoms. The molecule has 0 aromatic carbocycles. The van der Waals surface area contributed by atoms with Crippen LogP contribution in [-0.4, -0.2) is 22.5 Å². The van der Waals surface area contributed by atoms with E-state index in [4.69, 9.17) is 4.74 Å². The highest BCUT2D eigenvalue weighted by Gasteiger charge is 2.42. The van der Waals surface area contributed by atoms with Gasteiger partial charge in [0.2, 0.25) is 5.13 Å². The van der Waals surface area contributed by atoms with Gasteiger partial charge in [0, 0.05) is 24.7 Å². The van der Waals surface area contributed by atoms with Crippen LogP contribution >= 0.6 is 11.5 Å². The number of ether oxygens (including phenoxy) is 1. The molecule has 1 saturated carbocycles. The number of anilines is 1. The summed E-state index contributed by atoms with van der Waals surface area (Å²) in [5.74, 6) is 0.851. The Balaban J connectivity index is 2.12. The first-order valence-electron chi connectivity index (χ1n) is 5.32. The molecule has 15 heavy (non-hydrogen) atoms. The van der Waals surface area contributed by atoms with Crippen LogP contribution in [0.4, 0.5) is 5.13 Å². The average molecular weight is 227 g/mol. The van der Waals surface area contributed by atoms with E-state index in [1.807, 2.05) is 0 Å². The Kier molecular flexibility index (Phi) is 2.93. The molecule has 1 heterocycles. The molecule has 2 rings (SSSR count). The molecule has 0 atom stereocenters. The van der Waals surface area contributed by atoms with E-state index in [0.29, 0.717) is 6.04 Å². The number of hydrogen-bond acceptors (Lipinski definition) is 5. The van der Waals surface area contributed by atoms with Crippen LogP contribution in [0.25, 0.3) is 0 Å². The third-order valence-electron chi connectivity index (χ3n) is 2.80. The van der Waals surface area contributed by atoms with Crippen molar-refractivity contribution in [2.45, 2.75) is 44.8 Å². The van der Waals surface area contributed by atoms with E-state index in [0.717, 1.165) is 23.8 Å². The largest absolute Gasteiger partial charge is 0.370 e. The summed E-state index contributed by atoms with van der Waals surface area (Å²) in [6.07, 6.45) is 3.29. The van der Waals surface area contributed by atoms with Crippen molar-refractivity contribution in [2.75, 3.05) is 12.4 Å². The van der Waals surface area contributed by atoms with Crippen molar-refractivity contribution in [3.05, 3.63) is 5.82 Å². The lowest BCUT2D eigenvalue weighted by Crippen LogP contribution is -2.37. The molecule has 1 aromatic rings. The van der Waals surface area contributed by atoms with Crippen molar-refractivity contribution in [2.24, 2.45) is 0 Å². The molecule has 1 aromatic heterocycles. The van der Waals surface area contributed by atoms with Crippen molar-refractivity contribution in [1.82, 2.24) is 9.36 Å². The van der Waals surface area contributed by atoms with Crippen LogP contribution in [0.2, 0.25) is 0 Å². The second-order valence-corrected chi connectivity index (χ2v) is 5.03. The van der Waals surface area contributed by atoms with Crippen molar-refractivity contribution < 1.29 is 4.74 Å². The van der Waals surface area contributed by atoms with Crippen LogP contribution in [0.3, 0.4) is 0 Å². The van der Waals surface area contributed by atoms with Gasteiger partial charge >= 0.3 is 0 Å². The predicted molar refractivity (Wildman–Crippen MR) is 61.2 cm³/mol. The van der Waals surface area contributed by atoms with Crippen LogP contribution < -0.4 is 5.32 Å². The topological polar surface area (TPSA) is 47.0 Å². The smallest absolute Gasteiger partial charge is 0.202 e. The summed E-state index contributed by atoms with van der Waals surface area (Å²) in [5.41, 5.74) is -0.187. The zero-order valence-electron chi connectivity index (χ0n) is 9.41. The van der Waals surface area contributed by atoms with Gasteiger partial charge in [-0.25, -0.2) is 4.98 Å². The number of nitrogens with one attached hydrogen (secondary N) is 1. The second-order valence-electron chi connectivity index (χ2n) is 4.27. The quantitative estimate of drug-likeness (QED) is 0.858. The summed E-state index contributed by atoms with van der Waals surface area (Å²) in [4.78, 5) is 4.49. The van der Waals surface area contributed by atoms with Gasteiger partial charge in [0.05, 0.1) is 0 Å². The summed E-state index contributed by atoms with van der Waals surface area (Å²) in [6, 6.07) is 0.394. The van der Waals surface area contributed by atoms with E-state index >= 15 is 0 Å². The lowest BCUT2D eigenvalue weighted by atomic mass is 9.79. The molecule has 0 spiro atoms. The standard InChI is InChI=1S/C10H17N3OS/c1-7(2)11-9-12-8(13-15-9)10(14-3)5-4-6-10/h7H,4-6H2,1-3H3,(H,11,12,13). The molecule has 0 unspecified atom stereocenters. The minimum absolute atomic E-state index is 0.187. The third-order valence-corrected chi connectivity index (χ3v) is 3.44. The number of hydrogen-bond donors (Lipinski definition) is 1. The lowest BCUT2D eigenvalue weighted by molar-refractivity contribution is -0.0837. The van der Waals surface area contributed by atoms with Gasteiger partial charge in [-0.2, -0.15) is 4.37 Å². The first kappa shape index (κ1) is 10.8. The Morgan fingerprint density at radius 2 is 2.20 bits per heavy atom. The Morgan fingerprint density at radius 3 is 2.67 bits per heavy atom. The number of rotatable bonds is 4. The fourth-order valence-electron chi connectivity index (χ4n) is 1.73. The maximum Gasteiger partial charge on any atom is 0.202 e. The Labute approximate surface area is 94.2 Å². The highest BCUT2D eigenvalue weighted by molar-refractivity contribution is 7.09. The fraction of sp³-hybridized carbons (Fsp3) is 0.800. The summed E-state index contributed by atoms with van der Waals surface area (Å²) in [6.45, 7) is 4.19. The third kappa shape index (κ3) is 1.99. The molecule has 1 N–H and O–H groups in total. The minimum atomic E-state index is -0.187. The van der Waals surface area contributed by atoms with Gasteiger partial charge in [-0.15, -0.1) is 0 Å². The predicted octanol–water partition coefficient (Wildman–Crippen LogP) is 2.38. The molecule has 0 saturated heterocycles. The Morgan fingerprint density at radius 1 is 1.47 bits per heavy atom. The lowest BCUT2D eigenvalue weighted by Gasteiger charge is -2.37.